The number of carbonyl (C=O) groups is 1. The number of hydrogen-bond donors (Lipinski definition) is 2. The van der Waals surface area contributed by atoms with E-state index in [0.717, 1.165) is 5.56 Å². The third-order valence-corrected chi connectivity index (χ3v) is 2.73. The van der Waals surface area contributed by atoms with Gasteiger partial charge in [0.25, 0.3) is 5.91 Å². The molecule has 1 aromatic carbocycles. The quantitative estimate of drug-likeness (QED) is 0.795. The lowest BCUT2D eigenvalue weighted by Crippen LogP contribution is -2.31. The largest absolute Gasteiger partial charge is 0.484 e. The number of carbonyl (C=O) groups excluding carboxylic acids is 1. The molecule has 0 aliphatic carbocycles. The van der Waals surface area contributed by atoms with Crippen LogP contribution in [0.3, 0.4) is 0 Å². The molecule has 1 amide bonds. The van der Waals surface area contributed by atoms with Crippen molar-refractivity contribution in [2.45, 2.75) is 33.3 Å². The number of aliphatic hydroxyl groups excluding tert-OH is 1. The van der Waals surface area contributed by atoms with Gasteiger partial charge in [0, 0.05) is 6.54 Å². The summed E-state index contributed by atoms with van der Waals surface area (Å²) >= 11 is 0. The Bertz CT molecular complexity index is 387. The second-order valence-electron chi connectivity index (χ2n) is 4.98. The van der Waals surface area contributed by atoms with Crippen LogP contribution in [0.25, 0.3) is 0 Å². The zero-order valence-electron chi connectivity index (χ0n) is 11.8. The predicted octanol–water partition coefficient (Wildman–Crippen LogP) is 2.28. The van der Waals surface area contributed by atoms with E-state index >= 15 is 0 Å². The van der Waals surface area contributed by atoms with Crippen LogP contribution in [0.2, 0.25) is 0 Å². The molecule has 0 aliphatic rings. The van der Waals surface area contributed by atoms with E-state index in [9.17, 15) is 9.90 Å². The van der Waals surface area contributed by atoms with Crippen LogP contribution < -0.4 is 10.1 Å². The summed E-state index contributed by atoms with van der Waals surface area (Å²) in [6.45, 7) is 6.68. The first kappa shape index (κ1) is 15.5. The number of amides is 1. The van der Waals surface area contributed by atoms with Gasteiger partial charge in [0.15, 0.2) is 6.61 Å². The van der Waals surface area contributed by atoms with Crippen molar-refractivity contribution in [3.8, 4) is 5.75 Å². The molecule has 19 heavy (non-hydrogen) atoms. The van der Waals surface area contributed by atoms with Crippen molar-refractivity contribution in [2.75, 3.05) is 13.2 Å². The molecular formula is C15H23NO3. The first-order valence-corrected chi connectivity index (χ1v) is 6.70. The Hall–Kier alpha value is -1.55. The van der Waals surface area contributed by atoms with Crippen LogP contribution >= 0.6 is 0 Å². The summed E-state index contributed by atoms with van der Waals surface area (Å²) in [5.41, 5.74) is 0.860. The molecule has 0 saturated carbocycles. The molecule has 2 N–H and O–H groups in total. The second kappa shape index (κ2) is 7.79. The third-order valence-electron chi connectivity index (χ3n) is 2.73. The van der Waals surface area contributed by atoms with Crippen LogP contribution in [0, 0.1) is 5.92 Å². The van der Waals surface area contributed by atoms with E-state index in [0.29, 0.717) is 24.6 Å². The summed E-state index contributed by atoms with van der Waals surface area (Å²) in [5.74, 6) is 0.942. The van der Waals surface area contributed by atoms with E-state index in [4.69, 9.17) is 4.74 Å². The molecular weight excluding hydrogens is 242 g/mol. The van der Waals surface area contributed by atoms with Gasteiger partial charge in [-0.3, -0.25) is 4.79 Å². The van der Waals surface area contributed by atoms with Crippen molar-refractivity contribution in [1.29, 1.82) is 0 Å². The highest BCUT2D eigenvalue weighted by molar-refractivity contribution is 5.77. The van der Waals surface area contributed by atoms with Crippen molar-refractivity contribution in [3.63, 3.8) is 0 Å². The average molecular weight is 265 g/mol. The number of aliphatic hydroxyl groups is 1. The maximum atomic E-state index is 11.5. The van der Waals surface area contributed by atoms with Gasteiger partial charge in [-0.15, -0.1) is 0 Å². The summed E-state index contributed by atoms with van der Waals surface area (Å²) in [7, 11) is 0. The summed E-state index contributed by atoms with van der Waals surface area (Å²) in [6.07, 6.45) is 0.237. The lowest BCUT2D eigenvalue weighted by atomic mass is 10.1. The monoisotopic (exact) mass is 265 g/mol. The summed E-state index contributed by atoms with van der Waals surface area (Å²) < 4.78 is 5.37. The van der Waals surface area contributed by atoms with Crippen LogP contribution in [0.15, 0.2) is 24.3 Å². The number of benzene rings is 1. The van der Waals surface area contributed by atoms with E-state index in [2.05, 4.69) is 5.32 Å². The number of hydrogen-bond acceptors (Lipinski definition) is 3. The van der Waals surface area contributed by atoms with Gasteiger partial charge in [-0.05, 0) is 30.0 Å². The molecule has 0 spiro atoms. The van der Waals surface area contributed by atoms with Crippen LogP contribution in [0.4, 0.5) is 0 Å². The molecule has 0 aromatic heterocycles. The molecule has 0 radical (unpaired) electrons. The summed E-state index contributed by atoms with van der Waals surface area (Å²) in [6, 6.07) is 7.17. The smallest absolute Gasteiger partial charge is 0.257 e. The Morgan fingerprint density at radius 1 is 1.32 bits per heavy atom. The lowest BCUT2D eigenvalue weighted by Gasteiger charge is -2.11. The fourth-order valence-electron chi connectivity index (χ4n) is 1.54. The molecule has 0 saturated heterocycles. The van der Waals surface area contributed by atoms with E-state index in [-0.39, 0.29) is 12.5 Å². The minimum Gasteiger partial charge on any atom is -0.484 e. The fourth-order valence-corrected chi connectivity index (χ4v) is 1.54. The van der Waals surface area contributed by atoms with E-state index < -0.39 is 6.10 Å². The van der Waals surface area contributed by atoms with Gasteiger partial charge < -0.3 is 15.2 Å². The second-order valence-corrected chi connectivity index (χ2v) is 4.98. The maximum absolute atomic E-state index is 11.5. The fraction of sp³-hybridized carbons (Fsp3) is 0.533. The molecule has 106 valence electrons. The van der Waals surface area contributed by atoms with Crippen molar-refractivity contribution < 1.29 is 14.6 Å². The van der Waals surface area contributed by atoms with E-state index in [1.165, 1.54) is 0 Å². The molecule has 0 bridgehead atoms. The van der Waals surface area contributed by atoms with Gasteiger partial charge in [-0.2, -0.15) is 0 Å². The zero-order chi connectivity index (χ0) is 14.3. The van der Waals surface area contributed by atoms with E-state index in [1.807, 2.05) is 32.9 Å². The van der Waals surface area contributed by atoms with Gasteiger partial charge in [0.1, 0.15) is 5.75 Å². The van der Waals surface area contributed by atoms with Crippen LogP contribution in [0.1, 0.15) is 38.9 Å². The Balaban J connectivity index is 2.39. The number of rotatable bonds is 7. The molecule has 1 aromatic rings. The molecule has 4 heteroatoms. The van der Waals surface area contributed by atoms with Crippen molar-refractivity contribution in [1.82, 2.24) is 5.32 Å². The number of nitrogens with one attached hydrogen (secondary N) is 1. The molecule has 1 atom stereocenters. The third kappa shape index (κ3) is 5.75. The highest BCUT2D eigenvalue weighted by Gasteiger charge is 2.06. The Morgan fingerprint density at radius 3 is 2.47 bits per heavy atom. The molecule has 0 fully saturated rings. The zero-order valence-corrected chi connectivity index (χ0v) is 11.8. The normalized spacial score (nSPS) is 12.3. The van der Waals surface area contributed by atoms with Crippen LogP contribution in [-0.4, -0.2) is 24.2 Å². The van der Waals surface area contributed by atoms with Crippen molar-refractivity contribution in [2.24, 2.45) is 5.92 Å². The Morgan fingerprint density at radius 2 is 1.95 bits per heavy atom. The summed E-state index contributed by atoms with van der Waals surface area (Å²) in [4.78, 5) is 11.5. The molecule has 4 nitrogen and oxygen atoms in total. The van der Waals surface area contributed by atoms with Gasteiger partial charge in [0.05, 0.1) is 6.10 Å². The lowest BCUT2D eigenvalue weighted by molar-refractivity contribution is -0.123. The first-order valence-electron chi connectivity index (χ1n) is 6.70. The Labute approximate surface area is 114 Å². The molecule has 0 heterocycles. The minimum absolute atomic E-state index is 0.0163. The van der Waals surface area contributed by atoms with E-state index in [1.54, 1.807) is 12.1 Å². The van der Waals surface area contributed by atoms with Crippen LogP contribution in [-0.2, 0) is 4.79 Å². The molecule has 0 aliphatic heterocycles. The maximum Gasteiger partial charge on any atom is 0.257 e. The SMILES string of the molecule is CC[C@@H](O)c1ccc(OCC(=O)NCC(C)C)cc1. The highest BCUT2D eigenvalue weighted by atomic mass is 16.5. The molecule has 1 rings (SSSR count). The number of ether oxygens (including phenoxy) is 1. The predicted molar refractivity (Wildman–Crippen MR) is 75.0 cm³/mol. The van der Waals surface area contributed by atoms with Gasteiger partial charge in [-0.1, -0.05) is 32.9 Å². The summed E-state index contributed by atoms with van der Waals surface area (Å²) in [5, 5.41) is 12.4. The minimum atomic E-state index is -0.441. The van der Waals surface area contributed by atoms with Gasteiger partial charge in [-0.25, -0.2) is 0 Å². The highest BCUT2D eigenvalue weighted by Crippen LogP contribution is 2.19. The van der Waals surface area contributed by atoms with Crippen LogP contribution in [0.5, 0.6) is 5.75 Å². The van der Waals surface area contributed by atoms with Crippen molar-refractivity contribution in [3.05, 3.63) is 29.8 Å². The molecule has 0 unspecified atom stereocenters. The van der Waals surface area contributed by atoms with Gasteiger partial charge in [0.2, 0.25) is 0 Å². The standard InChI is InChI=1S/C15H23NO3/c1-4-14(17)12-5-7-13(8-6-12)19-10-15(18)16-9-11(2)3/h5-8,11,14,17H,4,9-10H2,1-3H3,(H,16,18)/t14-/m1/s1. The van der Waals surface area contributed by atoms with Gasteiger partial charge >= 0.3 is 0 Å². The Kier molecular flexibility index (Phi) is 6.36. The van der Waals surface area contributed by atoms with Crippen molar-refractivity contribution >= 4 is 5.91 Å². The first-order chi connectivity index (χ1) is 9.02. The average Bonchev–Trinajstić information content (AvgIpc) is 2.42. The topological polar surface area (TPSA) is 58.6 Å².